The van der Waals surface area contributed by atoms with Crippen molar-refractivity contribution in [2.45, 2.75) is 26.4 Å². The molecule has 0 spiro atoms. The van der Waals surface area contributed by atoms with E-state index in [0.29, 0.717) is 17.1 Å². The summed E-state index contributed by atoms with van der Waals surface area (Å²) in [5.41, 5.74) is 1.38. The van der Waals surface area contributed by atoms with Crippen LogP contribution in [0.1, 0.15) is 28.6 Å². The van der Waals surface area contributed by atoms with Crippen molar-refractivity contribution < 1.29 is 18.7 Å². The molecule has 122 valence electrons. The minimum atomic E-state index is -0.662. The van der Waals surface area contributed by atoms with Gasteiger partial charge in [0.05, 0.1) is 19.9 Å². The van der Waals surface area contributed by atoms with Crippen LogP contribution in [0.4, 0.5) is 0 Å². The lowest BCUT2D eigenvalue weighted by Crippen LogP contribution is -2.44. The van der Waals surface area contributed by atoms with E-state index in [0.717, 1.165) is 5.56 Å². The van der Waals surface area contributed by atoms with Crippen molar-refractivity contribution in [3.63, 3.8) is 0 Å². The Morgan fingerprint density at radius 3 is 2.74 bits per heavy atom. The number of aryl methyl sites for hydroxylation is 1. The number of carbonyl (C=O) groups is 2. The van der Waals surface area contributed by atoms with Gasteiger partial charge in [0.15, 0.2) is 0 Å². The molecule has 23 heavy (non-hydrogen) atoms. The number of rotatable bonds is 6. The molecule has 0 saturated heterocycles. The zero-order valence-electron chi connectivity index (χ0n) is 13.4. The molecular weight excluding hydrogens is 296 g/mol. The van der Waals surface area contributed by atoms with E-state index in [1.807, 2.05) is 6.92 Å². The fraction of sp³-hybridized carbons (Fsp3) is 0.294. The van der Waals surface area contributed by atoms with E-state index in [2.05, 4.69) is 10.6 Å². The summed E-state index contributed by atoms with van der Waals surface area (Å²) in [7, 11) is 1.55. The summed E-state index contributed by atoms with van der Waals surface area (Å²) in [5, 5.41) is 5.36. The molecule has 1 atom stereocenters. The van der Waals surface area contributed by atoms with Gasteiger partial charge in [-0.3, -0.25) is 9.59 Å². The van der Waals surface area contributed by atoms with Crippen LogP contribution in [0.3, 0.4) is 0 Å². The third-order valence-electron chi connectivity index (χ3n) is 3.43. The van der Waals surface area contributed by atoms with Gasteiger partial charge in [-0.05, 0) is 43.7 Å². The SMILES string of the molecule is COc1cc(C(=O)NC(C)C(=O)NCc2ccco2)ccc1C. The van der Waals surface area contributed by atoms with Gasteiger partial charge in [0.25, 0.3) is 5.91 Å². The molecular formula is C17H20N2O4. The lowest BCUT2D eigenvalue weighted by Gasteiger charge is -2.14. The molecule has 0 aliphatic rings. The summed E-state index contributed by atoms with van der Waals surface area (Å²) in [6.07, 6.45) is 1.54. The highest BCUT2D eigenvalue weighted by molar-refractivity contribution is 5.97. The predicted molar refractivity (Wildman–Crippen MR) is 85.2 cm³/mol. The number of ether oxygens (including phenoxy) is 1. The van der Waals surface area contributed by atoms with Crippen molar-refractivity contribution in [3.05, 3.63) is 53.5 Å². The minimum Gasteiger partial charge on any atom is -0.496 e. The van der Waals surface area contributed by atoms with E-state index in [4.69, 9.17) is 9.15 Å². The van der Waals surface area contributed by atoms with Gasteiger partial charge in [-0.15, -0.1) is 0 Å². The topological polar surface area (TPSA) is 80.6 Å². The van der Waals surface area contributed by atoms with E-state index in [1.54, 1.807) is 44.4 Å². The molecule has 2 amide bonds. The monoisotopic (exact) mass is 316 g/mol. The maximum Gasteiger partial charge on any atom is 0.252 e. The molecule has 2 aromatic rings. The van der Waals surface area contributed by atoms with Crippen LogP contribution in [-0.4, -0.2) is 25.0 Å². The third kappa shape index (κ3) is 4.35. The summed E-state index contributed by atoms with van der Waals surface area (Å²) < 4.78 is 10.3. The lowest BCUT2D eigenvalue weighted by atomic mass is 10.1. The summed E-state index contributed by atoms with van der Waals surface area (Å²) in [4.78, 5) is 24.2. The normalized spacial score (nSPS) is 11.6. The molecule has 0 fully saturated rings. The first-order valence-corrected chi connectivity index (χ1v) is 7.27. The maximum absolute atomic E-state index is 12.2. The number of nitrogens with one attached hydrogen (secondary N) is 2. The molecule has 2 rings (SSSR count). The van der Waals surface area contributed by atoms with Crippen LogP contribution in [0.15, 0.2) is 41.0 Å². The molecule has 1 aromatic carbocycles. The number of furan rings is 1. The highest BCUT2D eigenvalue weighted by Crippen LogP contribution is 2.18. The van der Waals surface area contributed by atoms with Gasteiger partial charge in [-0.2, -0.15) is 0 Å². The Bertz CT molecular complexity index is 680. The maximum atomic E-state index is 12.2. The van der Waals surface area contributed by atoms with Gasteiger partial charge < -0.3 is 19.8 Å². The molecule has 0 aliphatic heterocycles. The number of hydrogen-bond donors (Lipinski definition) is 2. The summed E-state index contributed by atoms with van der Waals surface area (Å²) >= 11 is 0. The third-order valence-corrected chi connectivity index (χ3v) is 3.43. The fourth-order valence-electron chi connectivity index (χ4n) is 2.05. The standard InChI is InChI=1S/C17H20N2O4/c1-11-6-7-13(9-15(11)22-3)17(21)19-12(2)16(20)18-10-14-5-4-8-23-14/h4-9,12H,10H2,1-3H3,(H,18,20)(H,19,21). The number of carbonyl (C=O) groups excluding carboxylic acids is 2. The lowest BCUT2D eigenvalue weighted by molar-refractivity contribution is -0.122. The second-order valence-corrected chi connectivity index (χ2v) is 5.18. The second kappa shape index (κ2) is 7.49. The number of hydrogen-bond acceptors (Lipinski definition) is 4. The number of methoxy groups -OCH3 is 1. The average Bonchev–Trinajstić information content (AvgIpc) is 3.06. The predicted octanol–water partition coefficient (Wildman–Crippen LogP) is 2.03. The first kappa shape index (κ1) is 16.6. The molecule has 6 nitrogen and oxygen atoms in total. The smallest absolute Gasteiger partial charge is 0.252 e. The Morgan fingerprint density at radius 2 is 2.09 bits per heavy atom. The fourth-order valence-corrected chi connectivity index (χ4v) is 2.05. The Kier molecular flexibility index (Phi) is 5.41. The van der Waals surface area contributed by atoms with Crippen LogP contribution in [0.25, 0.3) is 0 Å². The van der Waals surface area contributed by atoms with Crippen molar-refractivity contribution in [1.82, 2.24) is 10.6 Å². The van der Waals surface area contributed by atoms with Crippen LogP contribution >= 0.6 is 0 Å². The van der Waals surface area contributed by atoms with Gasteiger partial charge >= 0.3 is 0 Å². The first-order valence-electron chi connectivity index (χ1n) is 7.27. The van der Waals surface area contributed by atoms with E-state index in [9.17, 15) is 9.59 Å². The first-order chi connectivity index (χ1) is 11.0. The molecule has 1 unspecified atom stereocenters. The molecule has 0 radical (unpaired) electrons. The Hall–Kier alpha value is -2.76. The van der Waals surface area contributed by atoms with Crippen molar-refractivity contribution in [3.8, 4) is 5.75 Å². The molecule has 2 N–H and O–H groups in total. The zero-order chi connectivity index (χ0) is 16.8. The number of amides is 2. The molecule has 0 saturated carbocycles. The van der Waals surface area contributed by atoms with Gasteiger partial charge in [0.1, 0.15) is 17.6 Å². The molecule has 0 aliphatic carbocycles. The van der Waals surface area contributed by atoms with Crippen LogP contribution < -0.4 is 15.4 Å². The molecule has 1 heterocycles. The van der Waals surface area contributed by atoms with Gasteiger partial charge in [0.2, 0.25) is 5.91 Å². The van der Waals surface area contributed by atoms with Crippen molar-refractivity contribution in [2.24, 2.45) is 0 Å². The largest absolute Gasteiger partial charge is 0.496 e. The summed E-state index contributed by atoms with van der Waals surface area (Å²) in [6, 6.07) is 8.00. The molecule has 6 heteroatoms. The van der Waals surface area contributed by atoms with Crippen LogP contribution in [0.5, 0.6) is 5.75 Å². The van der Waals surface area contributed by atoms with Crippen LogP contribution in [0, 0.1) is 6.92 Å². The average molecular weight is 316 g/mol. The molecule has 1 aromatic heterocycles. The Labute approximate surface area is 134 Å². The van der Waals surface area contributed by atoms with E-state index in [1.165, 1.54) is 6.26 Å². The molecule has 0 bridgehead atoms. The highest BCUT2D eigenvalue weighted by Gasteiger charge is 2.17. The highest BCUT2D eigenvalue weighted by atomic mass is 16.5. The Balaban J connectivity index is 1.92. The number of benzene rings is 1. The minimum absolute atomic E-state index is 0.282. The van der Waals surface area contributed by atoms with Crippen LogP contribution in [0.2, 0.25) is 0 Å². The van der Waals surface area contributed by atoms with Crippen LogP contribution in [-0.2, 0) is 11.3 Å². The van der Waals surface area contributed by atoms with Crippen molar-refractivity contribution >= 4 is 11.8 Å². The second-order valence-electron chi connectivity index (χ2n) is 5.18. The van der Waals surface area contributed by atoms with E-state index < -0.39 is 6.04 Å². The van der Waals surface area contributed by atoms with Gasteiger partial charge in [-0.25, -0.2) is 0 Å². The Morgan fingerprint density at radius 1 is 1.30 bits per heavy atom. The van der Waals surface area contributed by atoms with Crippen molar-refractivity contribution in [1.29, 1.82) is 0 Å². The summed E-state index contributed by atoms with van der Waals surface area (Å²) in [6.45, 7) is 3.80. The van der Waals surface area contributed by atoms with E-state index >= 15 is 0 Å². The van der Waals surface area contributed by atoms with Crippen molar-refractivity contribution in [2.75, 3.05) is 7.11 Å². The summed E-state index contributed by atoms with van der Waals surface area (Å²) in [5.74, 6) is 0.672. The van der Waals surface area contributed by atoms with E-state index in [-0.39, 0.29) is 18.4 Å². The van der Waals surface area contributed by atoms with Gasteiger partial charge in [0, 0.05) is 5.56 Å². The zero-order valence-corrected chi connectivity index (χ0v) is 13.4. The quantitative estimate of drug-likeness (QED) is 0.854. The van der Waals surface area contributed by atoms with Gasteiger partial charge in [-0.1, -0.05) is 6.07 Å².